The van der Waals surface area contributed by atoms with Crippen LogP contribution in [0.1, 0.15) is 90.5 Å². The van der Waals surface area contributed by atoms with Crippen molar-refractivity contribution in [2.75, 3.05) is 12.4 Å². The number of nitrogens with one attached hydrogen (secondary N) is 1. The van der Waals surface area contributed by atoms with Crippen LogP contribution in [0.5, 0.6) is 0 Å². The molecule has 0 spiro atoms. The van der Waals surface area contributed by atoms with Gasteiger partial charge in [-0.1, -0.05) is 51.1 Å². The minimum atomic E-state index is -0.354. The minimum Gasteiger partial charge on any atom is -0.461 e. The Morgan fingerprint density at radius 2 is 1.85 bits per heavy atom. The molecule has 0 heterocycles. The molecule has 4 aliphatic carbocycles. The van der Waals surface area contributed by atoms with Gasteiger partial charge in [-0.3, -0.25) is 4.79 Å². The largest absolute Gasteiger partial charge is 0.461 e. The van der Waals surface area contributed by atoms with E-state index in [9.17, 15) is 14.7 Å². The average Bonchev–Trinajstić information content (AvgIpc) is 3.33. The van der Waals surface area contributed by atoms with Crippen LogP contribution in [0.2, 0.25) is 0 Å². The highest BCUT2D eigenvalue weighted by molar-refractivity contribution is 6.18. The van der Waals surface area contributed by atoms with Crippen molar-refractivity contribution < 1.29 is 24.2 Å². The van der Waals surface area contributed by atoms with Crippen molar-refractivity contribution in [1.29, 1.82) is 0 Å². The number of fused-ring (bicyclic) bond motifs is 5. The Morgan fingerprint density at radius 3 is 2.61 bits per heavy atom. The molecule has 0 radical (unpaired) electrons. The average molecular weight is 588 g/mol. The van der Waals surface area contributed by atoms with Crippen LogP contribution in [0.15, 0.2) is 30.3 Å². The highest BCUT2D eigenvalue weighted by Gasteiger charge is 2.63. The van der Waals surface area contributed by atoms with Gasteiger partial charge in [0.1, 0.15) is 12.7 Å². The zero-order chi connectivity index (χ0) is 29.2. The van der Waals surface area contributed by atoms with Crippen molar-refractivity contribution >= 4 is 23.7 Å². The van der Waals surface area contributed by atoms with Gasteiger partial charge in [-0.25, -0.2) is 4.79 Å². The molecule has 4 saturated carbocycles. The van der Waals surface area contributed by atoms with Gasteiger partial charge in [-0.05, 0) is 110 Å². The number of rotatable bonds is 9. The number of carbonyl (C=O) groups excluding carboxylic acids is 2. The number of aliphatic hydroxyl groups is 1. The maximum atomic E-state index is 12.5. The minimum absolute atomic E-state index is 0.0326. The van der Waals surface area contributed by atoms with Gasteiger partial charge in [0.25, 0.3) is 0 Å². The number of amides is 1. The fourth-order valence-corrected chi connectivity index (χ4v) is 10.0. The zero-order valence-electron chi connectivity index (χ0n) is 25.2. The third kappa shape index (κ3) is 6.16. The number of hydrogen-bond acceptors (Lipinski definition) is 5. The second-order valence-corrected chi connectivity index (χ2v) is 14.4. The van der Waals surface area contributed by atoms with E-state index in [1.165, 1.54) is 19.3 Å². The van der Waals surface area contributed by atoms with Crippen LogP contribution in [0, 0.1) is 46.3 Å². The molecule has 7 heteroatoms. The maximum absolute atomic E-state index is 12.5. The predicted octanol–water partition coefficient (Wildman–Crippen LogP) is 7.11. The fourth-order valence-electron chi connectivity index (χ4n) is 9.95. The lowest BCUT2D eigenvalue weighted by atomic mass is 9.43. The summed E-state index contributed by atoms with van der Waals surface area (Å²) in [6.45, 7) is 7.86. The molecule has 41 heavy (non-hydrogen) atoms. The lowest BCUT2D eigenvalue weighted by molar-refractivity contribution is -0.175. The van der Waals surface area contributed by atoms with Gasteiger partial charge in [0, 0.05) is 18.8 Å². The fraction of sp³-hybridized carbons (Fsp3) is 0.765. The smallest absolute Gasteiger partial charge is 0.407 e. The number of aliphatic hydroxyl groups excluding tert-OH is 1. The number of hydrogen-bond donors (Lipinski definition) is 2. The van der Waals surface area contributed by atoms with Crippen molar-refractivity contribution in [3.63, 3.8) is 0 Å². The lowest BCUT2D eigenvalue weighted by Gasteiger charge is -2.62. The molecular weight excluding hydrogens is 538 g/mol. The van der Waals surface area contributed by atoms with E-state index in [4.69, 9.17) is 21.1 Å². The first kappa shape index (κ1) is 30.7. The molecule has 4 fully saturated rings. The van der Waals surface area contributed by atoms with Gasteiger partial charge in [0.05, 0.1) is 6.10 Å². The molecule has 0 aromatic heterocycles. The Morgan fingerprint density at radius 1 is 1.07 bits per heavy atom. The summed E-state index contributed by atoms with van der Waals surface area (Å²) in [7, 11) is 0. The highest BCUT2D eigenvalue weighted by Crippen LogP contribution is 2.68. The Labute approximate surface area is 251 Å². The molecule has 6 nitrogen and oxygen atoms in total. The Hall–Kier alpha value is -1.79. The molecule has 2 N–H and O–H groups in total. The molecule has 0 aliphatic heterocycles. The Kier molecular flexibility index (Phi) is 9.60. The Balaban J connectivity index is 1.18. The van der Waals surface area contributed by atoms with Crippen molar-refractivity contribution in [3.05, 3.63) is 35.9 Å². The van der Waals surface area contributed by atoms with Gasteiger partial charge in [-0.2, -0.15) is 0 Å². The van der Waals surface area contributed by atoms with Crippen LogP contribution >= 0.6 is 11.6 Å². The van der Waals surface area contributed by atoms with Crippen LogP contribution in [0.4, 0.5) is 4.79 Å². The number of esters is 1. The van der Waals surface area contributed by atoms with E-state index in [2.05, 4.69) is 26.1 Å². The zero-order valence-corrected chi connectivity index (χ0v) is 25.9. The van der Waals surface area contributed by atoms with E-state index >= 15 is 0 Å². The number of ether oxygens (including phenoxy) is 2. The number of halogens is 1. The second kappa shape index (κ2) is 12.8. The molecule has 1 aromatic rings. The summed E-state index contributed by atoms with van der Waals surface area (Å²) in [6, 6.07) is 9.83. The number of alkyl halides is 1. The van der Waals surface area contributed by atoms with Gasteiger partial charge in [0.15, 0.2) is 0 Å². The van der Waals surface area contributed by atoms with Crippen molar-refractivity contribution in [2.24, 2.45) is 46.3 Å². The van der Waals surface area contributed by atoms with Crippen molar-refractivity contribution in [1.82, 2.24) is 5.32 Å². The summed E-state index contributed by atoms with van der Waals surface area (Å²) in [4.78, 5) is 24.7. The SMILES string of the molecule is C[C@H](CCC(=O)OCc1ccccc1)[C@H]1CC[C@H]2[C@@H]3CC[C@@H]4C[C@H](OC(=O)NCCCl)CC[C@]4(C)[C@H]3C[C@H](O)[C@]12C. The number of carbonyl (C=O) groups is 2. The number of benzene rings is 1. The van der Waals surface area contributed by atoms with Crippen LogP contribution in [0.3, 0.4) is 0 Å². The van der Waals surface area contributed by atoms with Crippen LogP contribution < -0.4 is 5.32 Å². The number of alkyl carbamates (subject to hydrolysis) is 1. The molecule has 228 valence electrons. The standard InChI is InChI=1S/C34H50ClNO5/c1-22(9-14-31(38)40-21-23-7-5-4-6-8-23)27-12-13-28-26-11-10-24-19-25(41-32(39)36-18-17-35)15-16-33(24,2)29(26)20-30(37)34(27,28)3/h4-8,22,24-30,37H,9-21H2,1-3H3,(H,36,39)/t22-,24-,25-,26+,27-,28+,29+,30+,33+,34-/m1/s1. The van der Waals surface area contributed by atoms with Gasteiger partial charge in [-0.15, -0.1) is 11.6 Å². The summed E-state index contributed by atoms with van der Waals surface area (Å²) < 4.78 is 11.3. The lowest BCUT2D eigenvalue weighted by Crippen LogP contribution is -2.59. The quantitative estimate of drug-likeness (QED) is 0.237. The molecule has 1 amide bonds. The molecule has 0 saturated heterocycles. The van der Waals surface area contributed by atoms with Gasteiger partial charge >= 0.3 is 12.1 Å². The van der Waals surface area contributed by atoms with Crippen LogP contribution in [-0.2, 0) is 20.9 Å². The van der Waals surface area contributed by atoms with E-state index < -0.39 is 0 Å². The normalized spacial score (nSPS) is 38.6. The molecule has 0 unspecified atom stereocenters. The monoisotopic (exact) mass is 587 g/mol. The van der Waals surface area contributed by atoms with E-state index in [-0.39, 0.29) is 35.1 Å². The topological polar surface area (TPSA) is 84.9 Å². The second-order valence-electron chi connectivity index (χ2n) is 14.0. The molecule has 0 bridgehead atoms. The van der Waals surface area contributed by atoms with E-state index in [0.29, 0.717) is 61.0 Å². The third-order valence-corrected chi connectivity index (χ3v) is 12.4. The van der Waals surface area contributed by atoms with E-state index in [0.717, 1.165) is 44.1 Å². The van der Waals surface area contributed by atoms with E-state index in [1.807, 2.05) is 30.3 Å². The Bertz CT molecular complexity index is 1050. The summed E-state index contributed by atoms with van der Waals surface area (Å²) in [5.74, 6) is 3.25. The molecule has 1 aromatic carbocycles. The first-order valence-corrected chi connectivity index (χ1v) is 16.6. The van der Waals surface area contributed by atoms with Crippen molar-refractivity contribution in [2.45, 2.75) is 104 Å². The van der Waals surface area contributed by atoms with Crippen LogP contribution in [0.25, 0.3) is 0 Å². The summed E-state index contributed by atoms with van der Waals surface area (Å²) in [5, 5.41) is 14.6. The maximum Gasteiger partial charge on any atom is 0.407 e. The van der Waals surface area contributed by atoms with E-state index in [1.54, 1.807) is 0 Å². The van der Waals surface area contributed by atoms with Crippen LogP contribution in [-0.4, -0.2) is 41.8 Å². The first-order valence-electron chi connectivity index (χ1n) is 16.0. The molecular formula is C34H50ClNO5. The molecule has 10 atom stereocenters. The third-order valence-electron chi connectivity index (χ3n) is 12.2. The summed E-state index contributed by atoms with van der Waals surface area (Å²) >= 11 is 5.70. The molecule has 5 rings (SSSR count). The molecule has 4 aliphatic rings. The first-order chi connectivity index (χ1) is 19.7. The van der Waals surface area contributed by atoms with Crippen molar-refractivity contribution in [3.8, 4) is 0 Å². The summed E-state index contributed by atoms with van der Waals surface area (Å²) in [6.07, 6.45) is 8.96. The predicted molar refractivity (Wildman–Crippen MR) is 160 cm³/mol. The van der Waals surface area contributed by atoms with Gasteiger partial charge < -0.3 is 19.9 Å². The summed E-state index contributed by atoms with van der Waals surface area (Å²) in [5.41, 5.74) is 1.10. The highest BCUT2D eigenvalue weighted by atomic mass is 35.5. The van der Waals surface area contributed by atoms with Gasteiger partial charge in [0.2, 0.25) is 0 Å².